The molecule has 0 saturated heterocycles. The molecule has 0 aliphatic rings. The van der Waals surface area contributed by atoms with Crippen molar-refractivity contribution in [1.82, 2.24) is 5.32 Å². The summed E-state index contributed by atoms with van der Waals surface area (Å²) in [7, 11) is -1.80. The van der Waals surface area contributed by atoms with Crippen molar-refractivity contribution in [3.05, 3.63) is 65.2 Å². The van der Waals surface area contributed by atoms with Crippen molar-refractivity contribution in [2.24, 2.45) is 0 Å². The maximum Gasteiger partial charge on any atom is 0.475 e. The Balaban J connectivity index is 2.04. The number of carboxylic acids is 1. The van der Waals surface area contributed by atoms with Crippen LogP contribution in [-0.4, -0.2) is 45.2 Å². The molecule has 1 atom stereocenters. The first-order valence-corrected chi connectivity index (χ1v) is 7.61. The van der Waals surface area contributed by atoms with E-state index in [9.17, 15) is 24.7 Å². The Morgan fingerprint density at radius 2 is 1.72 bits per heavy atom. The van der Waals surface area contributed by atoms with Crippen LogP contribution in [0.2, 0.25) is 0 Å². The second-order valence-corrected chi connectivity index (χ2v) is 5.64. The van der Waals surface area contributed by atoms with Gasteiger partial charge in [-0.3, -0.25) is 4.79 Å². The molecule has 1 unspecified atom stereocenters. The molecular formula is C17H18BNO6. The summed E-state index contributed by atoms with van der Waals surface area (Å²) >= 11 is 0. The van der Waals surface area contributed by atoms with E-state index in [2.05, 4.69) is 5.32 Å². The molecule has 0 aromatic heterocycles. The van der Waals surface area contributed by atoms with Gasteiger partial charge < -0.3 is 25.6 Å². The van der Waals surface area contributed by atoms with Crippen LogP contribution < -0.4 is 5.32 Å². The second-order valence-electron chi connectivity index (χ2n) is 5.64. The lowest BCUT2D eigenvalue weighted by molar-refractivity contribution is -0.120. The first-order chi connectivity index (χ1) is 11.8. The summed E-state index contributed by atoms with van der Waals surface area (Å²) in [6, 6.07) is 12.2. The molecule has 2 aromatic rings. The summed E-state index contributed by atoms with van der Waals surface area (Å²) in [4.78, 5) is 23.1. The SMILES string of the molecule is O=C(Cc1cccc(O)c1)NC(Cc1cccc(C(=O)O)c1)B(O)O. The number of aromatic carboxylic acids is 1. The molecule has 2 aromatic carbocycles. The summed E-state index contributed by atoms with van der Waals surface area (Å²) in [5.74, 6) is -2.49. The van der Waals surface area contributed by atoms with E-state index in [1.165, 1.54) is 24.3 Å². The zero-order valence-electron chi connectivity index (χ0n) is 13.3. The molecule has 5 N–H and O–H groups in total. The lowest BCUT2D eigenvalue weighted by atomic mass is 9.75. The highest BCUT2D eigenvalue weighted by Gasteiger charge is 2.25. The van der Waals surface area contributed by atoms with Crippen LogP contribution >= 0.6 is 0 Å². The summed E-state index contributed by atoms with van der Waals surface area (Å²) in [6.45, 7) is 0. The highest BCUT2D eigenvalue weighted by Crippen LogP contribution is 2.12. The number of hydrogen-bond donors (Lipinski definition) is 5. The third-order valence-electron chi connectivity index (χ3n) is 3.61. The molecule has 25 heavy (non-hydrogen) atoms. The maximum atomic E-state index is 12.1. The van der Waals surface area contributed by atoms with Gasteiger partial charge in [-0.2, -0.15) is 0 Å². The third kappa shape index (κ3) is 5.63. The molecule has 0 heterocycles. The number of phenolic OH excluding ortho intramolecular Hbond substituents is 1. The fourth-order valence-electron chi connectivity index (χ4n) is 2.43. The average molecular weight is 343 g/mol. The van der Waals surface area contributed by atoms with Gasteiger partial charge in [-0.1, -0.05) is 24.3 Å². The monoisotopic (exact) mass is 343 g/mol. The Morgan fingerprint density at radius 1 is 1.04 bits per heavy atom. The molecule has 0 bridgehead atoms. The molecule has 8 heteroatoms. The van der Waals surface area contributed by atoms with Crippen LogP contribution in [0.5, 0.6) is 5.75 Å². The van der Waals surface area contributed by atoms with Gasteiger partial charge in [0.15, 0.2) is 0 Å². The Kier molecular flexibility index (Phi) is 6.16. The van der Waals surface area contributed by atoms with Gasteiger partial charge in [0.05, 0.1) is 17.9 Å². The van der Waals surface area contributed by atoms with Crippen LogP contribution in [0, 0.1) is 0 Å². The number of amides is 1. The minimum absolute atomic E-state index is 0.0349. The number of aromatic hydroxyl groups is 1. The van der Waals surface area contributed by atoms with E-state index in [-0.39, 0.29) is 24.2 Å². The van der Waals surface area contributed by atoms with Crippen molar-refractivity contribution in [1.29, 1.82) is 0 Å². The quantitative estimate of drug-likeness (QED) is 0.463. The van der Waals surface area contributed by atoms with Crippen LogP contribution in [0.3, 0.4) is 0 Å². The van der Waals surface area contributed by atoms with E-state index in [1.807, 2.05) is 0 Å². The largest absolute Gasteiger partial charge is 0.508 e. The first kappa shape index (κ1) is 18.5. The molecule has 0 fully saturated rings. The van der Waals surface area contributed by atoms with Gasteiger partial charge >= 0.3 is 13.1 Å². The predicted molar refractivity (Wildman–Crippen MR) is 91.0 cm³/mol. The normalized spacial score (nSPS) is 11.6. The van der Waals surface area contributed by atoms with E-state index in [4.69, 9.17) is 5.11 Å². The van der Waals surface area contributed by atoms with Crippen molar-refractivity contribution in [3.8, 4) is 5.75 Å². The van der Waals surface area contributed by atoms with Gasteiger partial charge in [-0.15, -0.1) is 0 Å². The molecule has 0 saturated carbocycles. The molecule has 0 radical (unpaired) electrons. The van der Waals surface area contributed by atoms with Crippen LogP contribution in [0.4, 0.5) is 0 Å². The zero-order chi connectivity index (χ0) is 18.4. The Morgan fingerprint density at radius 3 is 2.36 bits per heavy atom. The Bertz CT molecular complexity index is 764. The Hall–Kier alpha value is -2.84. The van der Waals surface area contributed by atoms with Crippen molar-refractivity contribution in [3.63, 3.8) is 0 Å². The molecule has 0 spiro atoms. The molecule has 130 valence electrons. The number of nitrogens with one attached hydrogen (secondary N) is 1. The average Bonchev–Trinajstić information content (AvgIpc) is 2.54. The number of rotatable bonds is 7. The summed E-state index contributed by atoms with van der Waals surface area (Å²) in [6.07, 6.45) is 0.0252. The zero-order valence-corrected chi connectivity index (χ0v) is 13.3. The van der Waals surface area contributed by atoms with Crippen LogP contribution in [0.25, 0.3) is 0 Å². The first-order valence-electron chi connectivity index (χ1n) is 7.61. The highest BCUT2D eigenvalue weighted by atomic mass is 16.4. The number of carbonyl (C=O) groups excluding carboxylic acids is 1. The lowest BCUT2D eigenvalue weighted by Gasteiger charge is -2.18. The van der Waals surface area contributed by atoms with E-state index in [0.29, 0.717) is 11.1 Å². The van der Waals surface area contributed by atoms with E-state index in [0.717, 1.165) is 0 Å². The topological polar surface area (TPSA) is 127 Å². The van der Waals surface area contributed by atoms with Crippen molar-refractivity contribution in [2.75, 3.05) is 0 Å². The molecule has 7 nitrogen and oxygen atoms in total. The van der Waals surface area contributed by atoms with Crippen molar-refractivity contribution < 1.29 is 29.9 Å². The predicted octanol–water partition coefficient (Wildman–Crippen LogP) is 0.372. The molecule has 0 aliphatic carbocycles. The van der Waals surface area contributed by atoms with Gasteiger partial charge in [0.2, 0.25) is 5.91 Å². The molecule has 1 amide bonds. The molecule has 2 rings (SSSR count). The minimum Gasteiger partial charge on any atom is -0.508 e. The number of hydrogen-bond acceptors (Lipinski definition) is 5. The smallest absolute Gasteiger partial charge is 0.475 e. The van der Waals surface area contributed by atoms with E-state index in [1.54, 1.807) is 24.3 Å². The van der Waals surface area contributed by atoms with E-state index >= 15 is 0 Å². The fraction of sp³-hybridized carbons (Fsp3) is 0.176. The van der Waals surface area contributed by atoms with Crippen LogP contribution in [0.15, 0.2) is 48.5 Å². The highest BCUT2D eigenvalue weighted by molar-refractivity contribution is 6.43. The standard InChI is InChI=1S/C17H18BNO6/c20-14-6-2-4-12(8-14)10-16(21)19-15(18(24)25)9-11-3-1-5-13(7-11)17(22)23/h1-8,15,20,24-25H,9-10H2,(H,19,21)(H,22,23). The number of phenols is 1. The van der Waals surface area contributed by atoms with Crippen molar-refractivity contribution >= 4 is 19.0 Å². The van der Waals surface area contributed by atoms with E-state index < -0.39 is 24.9 Å². The second kappa shape index (κ2) is 8.32. The third-order valence-corrected chi connectivity index (χ3v) is 3.61. The Labute approximate surface area is 144 Å². The number of carboxylic acid groups (broad SMARTS) is 1. The van der Waals surface area contributed by atoms with Crippen LogP contribution in [0.1, 0.15) is 21.5 Å². The van der Waals surface area contributed by atoms with Gasteiger partial charge in [-0.25, -0.2) is 4.79 Å². The lowest BCUT2D eigenvalue weighted by Crippen LogP contribution is -2.48. The minimum atomic E-state index is -1.80. The van der Waals surface area contributed by atoms with Gasteiger partial charge in [0, 0.05) is 0 Å². The van der Waals surface area contributed by atoms with Gasteiger partial charge in [0.1, 0.15) is 5.75 Å². The number of benzene rings is 2. The van der Waals surface area contributed by atoms with Crippen LogP contribution in [-0.2, 0) is 17.6 Å². The fourth-order valence-corrected chi connectivity index (χ4v) is 2.43. The molecule has 0 aliphatic heterocycles. The summed E-state index contributed by atoms with van der Waals surface area (Å²) < 4.78 is 0. The number of carbonyl (C=O) groups is 2. The summed E-state index contributed by atoms with van der Waals surface area (Å²) in [5, 5.41) is 39.9. The maximum absolute atomic E-state index is 12.1. The molecular weight excluding hydrogens is 325 g/mol. The van der Waals surface area contributed by atoms with Gasteiger partial charge in [-0.05, 0) is 41.8 Å². The van der Waals surface area contributed by atoms with Crippen molar-refractivity contribution in [2.45, 2.75) is 18.8 Å². The van der Waals surface area contributed by atoms with Gasteiger partial charge in [0.25, 0.3) is 0 Å². The summed E-state index contributed by atoms with van der Waals surface area (Å²) in [5.41, 5.74) is 1.21.